The fourth-order valence-corrected chi connectivity index (χ4v) is 5.33. The van der Waals surface area contributed by atoms with E-state index < -0.39 is 18.5 Å². The fourth-order valence-electron chi connectivity index (χ4n) is 4.01. The average molecular weight is 458 g/mol. The number of thiophene rings is 1. The molecule has 0 radical (unpaired) electrons. The number of hydrogen-bond donors (Lipinski definition) is 2. The van der Waals surface area contributed by atoms with Crippen LogP contribution in [-0.2, 0) is 31.9 Å². The molecule has 0 spiro atoms. The largest absolute Gasteiger partial charge is 0.452 e. The fraction of sp³-hybridized carbons (Fsp3) is 0.435. The summed E-state index contributed by atoms with van der Waals surface area (Å²) in [5.74, 6) is -1.23. The first-order valence-electron chi connectivity index (χ1n) is 10.8. The molecular formula is C23H27N3O5S. The van der Waals surface area contributed by atoms with Gasteiger partial charge in [-0.3, -0.25) is 9.59 Å². The highest BCUT2D eigenvalue weighted by Gasteiger charge is 2.27. The Morgan fingerprint density at radius 3 is 2.50 bits per heavy atom. The van der Waals surface area contributed by atoms with Crippen molar-refractivity contribution in [2.75, 3.05) is 48.4 Å². The molecule has 8 nitrogen and oxygen atoms in total. The molecule has 170 valence electrons. The number of nitrogens with zero attached hydrogens (tertiary/aromatic N) is 1. The van der Waals surface area contributed by atoms with Gasteiger partial charge in [0.25, 0.3) is 5.91 Å². The maximum Gasteiger partial charge on any atom is 0.341 e. The molecular weight excluding hydrogens is 430 g/mol. The van der Waals surface area contributed by atoms with Gasteiger partial charge in [0.05, 0.1) is 18.8 Å². The SMILES string of the molecule is CC(=O)Nc1sc2c(c1C(=O)OCC(=O)Nc1ccc(N3CCOCC3)cc1)CCCC2. The van der Waals surface area contributed by atoms with E-state index >= 15 is 0 Å². The van der Waals surface area contributed by atoms with E-state index in [0.717, 1.165) is 54.9 Å². The molecule has 2 heterocycles. The number of esters is 1. The van der Waals surface area contributed by atoms with Crippen molar-refractivity contribution >= 4 is 45.5 Å². The Hall–Kier alpha value is -2.91. The first-order chi connectivity index (χ1) is 15.5. The van der Waals surface area contributed by atoms with Gasteiger partial charge in [-0.25, -0.2) is 4.79 Å². The number of ether oxygens (including phenoxy) is 2. The first kappa shape index (κ1) is 22.3. The lowest BCUT2D eigenvalue weighted by Crippen LogP contribution is -2.36. The van der Waals surface area contributed by atoms with Crippen LogP contribution in [0.3, 0.4) is 0 Å². The summed E-state index contributed by atoms with van der Waals surface area (Å²) < 4.78 is 10.7. The van der Waals surface area contributed by atoms with Gasteiger partial charge in [-0.15, -0.1) is 11.3 Å². The molecule has 32 heavy (non-hydrogen) atoms. The van der Waals surface area contributed by atoms with Gasteiger partial charge in [0.15, 0.2) is 6.61 Å². The second-order valence-corrected chi connectivity index (χ2v) is 8.97. The lowest BCUT2D eigenvalue weighted by molar-refractivity contribution is -0.119. The minimum atomic E-state index is -0.578. The Morgan fingerprint density at radius 1 is 1.06 bits per heavy atom. The Morgan fingerprint density at radius 2 is 1.78 bits per heavy atom. The van der Waals surface area contributed by atoms with E-state index in [9.17, 15) is 14.4 Å². The quantitative estimate of drug-likeness (QED) is 0.647. The lowest BCUT2D eigenvalue weighted by Gasteiger charge is -2.28. The third-order valence-electron chi connectivity index (χ3n) is 5.53. The summed E-state index contributed by atoms with van der Waals surface area (Å²) >= 11 is 1.42. The minimum Gasteiger partial charge on any atom is -0.452 e. The molecule has 2 amide bonds. The molecule has 2 aliphatic rings. The summed E-state index contributed by atoms with van der Waals surface area (Å²) in [7, 11) is 0. The summed E-state index contributed by atoms with van der Waals surface area (Å²) in [6, 6.07) is 7.55. The Balaban J connectivity index is 1.35. The molecule has 0 atom stereocenters. The van der Waals surface area contributed by atoms with Gasteiger partial charge in [-0.05, 0) is 55.5 Å². The Bertz CT molecular complexity index is 996. The molecule has 0 bridgehead atoms. The van der Waals surface area contributed by atoms with Crippen molar-refractivity contribution < 1.29 is 23.9 Å². The third kappa shape index (κ3) is 5.28. The third-order valence-corrected chi connectivity index (χ3v) is 6.73. The summed E-state index contributed by atoms with van der Waals surface area (Å²) in [5.41, 5.74) is 3.04. The number of nitrogens with one attached hydrogen (secondary N) is 2. The standard InChI is InChI=1S/C23H27N3O5S/c1-15(27)24-22-21(18-4-2-3-5-19(18)32-22)23(29)31-14-20(28)25-16-6-8-17(9-7-16)26-10-12-30-13-11-26/h6-9H,2-5,10-14H2,1H3,(H,24,27)(H,25,28). The summed E-state index contributed by atoms with van der Waals surface area (Å²) in [6.45, 7) is 4.12. The van der Waals surface area contributed by atoms with E-state index in [1.165, 1.54) is 18.3 Å². The van der Waals surface area contributed by atoms with Crippen LogP contribution in [-0.4, -0.2) is 50.7 Å². The predicted molar refractivity (Wildman–Crippen MR) is 124 cm³/mol. The van der Waals surface area contributed by atoms with Crippen LogP contribution in [0.4, 0.5) is 16.4 Å². The van der Waals surface area contributed by atoms with Crippen LogP contribution < -0.4 is 15.5 Å². The number of anilines is 3. The Kier molecular flexibility index (Phi) is 7.06. The number of rotatable bonds is 6. The normalized spacial score (nSPS) is 15.6. The highest BCUT2D eigenvalue weighted by atomic mass is 32.1. The number of fused-ring (bicyclic) bond motifs is 1. The summed E-state index contributed by atoms with van der Waals surface area (Å²) in [6.07, 6.45) is 3.72. The second-order valence-electron chi connectivity index (χ2n) is 7.87. The lowest BCUT2D eigenvalue weighted by atomic mass is 9.95. The molecule has 1 aliphatic carbocycles. The molecule has 4 rings (SSSR count). The van der Waals surface area contributed by atoms with Gasteiger partial charge in [-0.1, -0.05) is 0 Å². The van der Waals surface area contributed by atoms with Crippen LogP contribution in [0.5, 0.6) is 0 Å². The van der Waals surface area contributed by atoms with Crippen molar-refractivity contribution in [2.45, 2.75) is 32.6 Å². The van der Waals surface area contributed by atoms with Gasteiger partial charge >= 0.3 is 5.97 Å². The molecule has 1 aromatic carbocycles. The molecule has 1 aromatic heterocycles. The zero-order valence-corrected chi connectivity index (χ0v) is 18.9. The molecule has 1 aliphatic heterocycles. The van der Waals surface area contributed by atoms with E-state index in [1.54, 1.807) is 0 Å². The van der Waals surface area contributed by atoms with Crippen LogP contribution in [0.2, 0.25) is 0 Å². The number of amides is 2. The maximum absolute atomic E-state index is 12.8. The van der Waals surface area contributed by atoms with Gasteiger partial charge in [-0.2, -0.15) is 0 Å². The molecule has 1 fully saturated rings. The highest BCUT2D eigenvalue weighted by molar-refractivity contribution is 7.17. The molecule has 0 unspecified atom stereocenters. The smallest absolute Gasteiger partial charge is 0.341 e. The number of carbonyl (C=O) groups is 3. The first-order valence-corrected chi connectivity index (χ1v) is 11.6. The van der Waals surface area contributed by atoms with Crippen molar-refractivity contribution in [1.82, 2.24) is 0 Å². The number of benzene rings is 1. The van der Waals surface area contributed by atoms with E-state index in [2.05, 4.69) is 15.5 Å². The van der Waals surface area contributed by atoms with Crippen molar-refractivity contribution in [1.29, 1.82) is 0 Å². The van der Waals surface area contributed by atoms with Crippen molar-refractivity contribution in [3.05, 3.63) is 40.3 Å². The summed E-state index contributed by atoms with van der Waals surface area (Å²) in [4.78, 5) is 40.0. The van der Waals surface area contributed by atoms with Crippen LogP contribution in [0.25, 0.3) is 0 Å². The number of morpholine rings is 1. The summed E-state index contributed by atoms with van der Waals surface area (Å²) in [5, 5.41) is 6.00. The van der Waals surface area contributed by atoms with Crippen molar-refractivity contribution in [2.24, 2.45) is 0 Å². The van der Waals surface area contributed by atoms with Crippen molar-refractivity contribution in [3.63, 3.8) is 0 Å². The van der Waals surface area contributed by atoms with Gasteiger partial charge in [0.2, 0.25) is 5.91 Å². The molecule has 0 saturated carbocycles. The van der Waals surface area contributed by atoms with Crippen LogP contribution >= 0.6 is 11.3 Å². The average Bonchev–Trinajstić information content (AvgIpc) is 3.16. The monoisotopic (exact) mass is 457 g/mol. The molecule has 2 aromatic rings. The van der Waals surface area contributed by atoms with Crippen LogP contribution in [0, 0.1) is 0 Å². The van der Waals surface area contributed by atoms with Gasteiger partial charge < -0.3 is 25.0 Å². The zero-order chi connectivity index (χ0) is 22.5. The number of hydrogen-bond acceptors (Lipinski definition) is 7. The molecule has 2 N–H and O–H groups in total. The van der Waals surface area contributed by atoms with E-state index in [4.69, 9.17) is 9.47 Å². The number of carbonyl (C=O) groups excluding carboxylic acids is 3. The van der Waals surface area contributed by atoms with E-state index in [0.29, 0.717) is 29.5 Å². The molecule has 9 heteroatoms. The van der Waals surface area contributed by atoms with E-state index in [1.807, 2.05) is 24.3 Å². The predicted octanol–water partition coefficient (Wildman–Crippen LogP) is 3.22. The number of aryl methyl sites for hydroxylation is 1. The highest BCUT2D eigenvalue weighted by Crippen LogP contribution is 2.38. The topological polar surface area (TPSA) is 97.0 Å². The molecule has 1 saturated heterocycles. The Labute approximate surface area is 190 Å². The minimum absolute atomic E-state index is 0.240. The maximum atomic E-state index is 12.8. The van der Waals surface area contributed by atoms with Gasteiger partial charge in [0.1, 0.15) is 5.00 Å². The van der Waals surface area contributed by atoms with Gasteiger partial charge in [0, 0.05) is 36.3 Å². The van der Waals surface area contributed by atoms with Crippen LogP contribution in [0.1, 0.15) is 40.6 Å². The van der Waals surface area contributed by atoms with Crippen LogP contribution in [0.15, 0.2) is 24.3 Å². The second kappa shape index (κ2) is 10.1. The van der Waals surface area contributed by atoms with Crippen molar-refractivity contribution in [3.8, 4) is 0 Å². The van der Waals surface area contributed by atoms with E-state index in [-0.39, 0.29) is 5.91 Å². The zero-order valence-electron chi connectivity index (χ0n) is 18.1.